The van der Waals surface area contributed by atoms with Crippen LogP contribution in [-0.2, 0) is 0 Å². The summed E-state index contributed by atoms with van der Waals surface area (Å²) < 4.78 is 51.1. The maximum atomic E-state index is 15.3. The Morgan fingerprint density at radius 3 is 1.56 bits per heavy atom. The summed E-state index contributed by atoms with van der Waals surface area (Å²) in [5.41, 5.74) is 0.00736. The molecule has 0 aliphatic rings. The summed E-state index contributed by atoms with van der Waals surface area (Å²) in [5, 5.41) is 0.311. The van der Waals surface area contributed by atoms with Gasteiger partial charge >= 0.3 is 0 Å². The minimum Gasteiger partial charge on any atom is -0.495 e. The van der Waals surface area contributed by atoms with Crippen molar-refractivity contribution in [1.29, 1.82) is 0 Å². The van der Waals surface area contributed by atoms with Crippen LogP contribution in [0, 0.1) is 17.5 Å². The number of nitrogens with zero attached hydrogens (tertiary/aromatic N) is 1. The third-order valence-electron chi connectivity index (χ3n) is 5.19. The van der Waals surface area contributed by atoms with Crippen molar-refractivity contribution in [2.75, 3.05) is 7.11 Å². The van der Waals surface area contributed by atoms with Crippen LogP contribution < -0.4 is 4.74 Å². The van der Waals surface area contributed by atoms with Crippen molar-refractivity contribution >= 4 is 46.2 Å². The number of ether oxygens (including phenoxy) is 1. The molecule has 1 heterocycles. The zero-order chi connectivity index (χ0) is 25.1. The second-order valence-corrected chi connectivity index (χ2v) is 10.7. The zero-order valence-corrected chi connectivity index (χ0v) is 21.3. The summed E-state index contributed by atoms with van der Waals surface area (Å²) in [6, 6.07) is 28.0. The predicted octanol–water partition coefficient (Wildman–Crippen LogP) is 9.11. The molecule has 0 saturated heterocycles. The van der Waals surface area contributed by atoms with Gasteiger partial charge in [-0.2, -0.15) is 0 Å². The van der Waals surface area contributed by atoms with E-state index < -0.39 is 17.5 Å². The molecule has 0 saturated carbocycles. The summed E-state index contributed by atoms with van der Waals surface area (Å²) in [4.78, 5) is 7.58. The maximum absolute atomic E-state index is 15.3. The highest BCUT2D eigenvalue weighted by Crippen LogP contribution is 2.49. The Bertz CT molecular complexity index is 1520. The van der Waals surface area contributed by atoms with E-state index in [0.717, 1.165) is 21.6 Å². The SMILES string of the molecule is COc1c(Sc2ccccc2)c(Sc2ccccc2)nc2c(Sc3ccccc3)c(F)c(F)c(F)c12. The van der Waals surface area contributed by atoms with Gasteiger partial charge in [0.05, 0.1) is 27.8 Å². The molecule has 5 aromatic rings. The van der Waals surface area contributed by atoms with E-state index in [4.69, 9.17) is 9.72 Å². The number of hydrogen-bond acceptors (Lipinski definition) is 5. The smallest absolute Gasteiger partial charge is 0.196 e. The van der Waals surface area contributed by atoms with E-state index in [1.165, 1.54) is 30.6 Å². The molecule has 4 aromatic carbocycles. The van der Waals surface area contributed by atoms with E-state index in [0.29, 0.717) is 14.8 Å². The van der Waals surface area contributed by atoms with Crippen LogP contribution in [0.5, 0.6) is 5.75 Å². The van der Waals surface area contributed by atoms with Crippen molar-refractivity contribution in [3.05, 3.63) is 108 Å². The molecule has 0 N–H and O–H groups in total. The molecule has 0 spiro atoms. The summed E-state index contributed by atoms with van der Waals surface area (Å²) in [7, 11) is 1.39. The highest BCUT2D eigenvalue weighted by molar-refractivity contribution is 8.02. The Morgan fingerprint density at radius 1 is 0.583 bits per heavy atom. The molecule has 5 rings (SSSR count). The number of aromatic nitrogens is 1. The van der Waals surface area contributed by atoms with E-state index in [-0.39, 0.29) is 21.5 Å². The van der Waals surface area contributed by atoms with Crippen molar-refractivity contribution < 1.29 is 17.9 Å². The van der Waals surface area contributed by atoms with Crippen LogP contribution in [0.4, 0.5) is 13.2 Å². The van der Waals surface area contributed by atoms with Crippen LogP contribution >= 0.6 is 35.3 Å². The van der Waals surface area contributed by atoms with Gasteiger partial charge in [-0.25, -0.2) is 18.2 Å². The van der Waals surface area contributed by atoms with Gasteiger partial charge in [-0.05, 0) is 36.4 Å². The first-order valence-corrected chi connectivity index (χ1v) is 13.3. The van der Waals surface area contributed by atoms with Crippen LogP contribution in [0.3, 0.4) is 0 Å². The number of fused-ring (bicyclic) bond motifs is 1. The minimum absolute atomic E-state index is 0.00736. The normalized spacial score (nSPS) is 11.1. The number of benzene rings is 4. The van der Waals surface area contributed by atoms with Gasteiger partial charge in [-0.15, -0.1) is 0 Å². The van der Waals surface area contributed by atoms with Crippen LogP contribution in [0.15, 0.2) is 120 Å². The molecule has 8 heteroatoms. The first-order chi connectivity index (χ1) is 17.6. The molecule has 1 aromatic heterocycles. The second-order valence-electron chi connectivity index (χ2n) is 7.52. The van der Waals surface area contributed by atoms with Crippen molar-refractivity contribution in [2.45, 2.75) is 29.5 Å². The third kappa shape index (κ3) is 4.93. The van der Waals surface area contributed by atoms with E-state index >= 15 is 8.78 Å². The van der Waals surface area contributed by atoms with Crippen LogP contribution in [-0.4, -0.2) is 12.1 Å². The van der Waals surface area contributed by atoms with E-state index in [1.807, 2.05) is 66.7 Å². The molecule has 2 nitrogen and oxygen atoms in total. The van der Waals surface area contributed by atoms with E-state index in [1.54, 1.807) is 24.3 Å². The molecule has 0 aliphatic carbocycles. The van der Waals surface area contributed by atoms with E-state index in [2.05, 4.69) is 0 Å². The van der Waals surface area contributed by atoms with Gasteiger partial charge < -0.3 is 4.74 Å². The minimum atomic E-state index is -1.56. The number of methoxy groups -OCH3 is 1. The lowest BCUT2D eigenvalue weighted by atomic mass is 10.1. The molecule has 0 amide bonds. The first kappa shape index (κ1) is 24.6. The molecule has 0 aliphatic heterocycles. The number of halogens is 3. The summed E-state index contributed by atoms with van der Waals surface area (Å²) in [5.74, 6) is -4.04. The Morgan fingerprint density at radius 2 is 1.06 bits per heavy atom. The fourth-order valence-electron chi connectivity index (χ4n) is 3.56. The van der Waals surface area contributed by atoms with Crippen LogP contribution in [0.2, 0.25) is 0 Å². The van der Waals surface area contributed by atoms with Gasteiger partial charge in [0.15, 0.2) is 17.5 Å². The van der Waals surface area contributed by atoms with Gasteiger partial charge in [0.2, 0.25) is 0 Å². The van der Waals surface area contributed by atoms with Gasteiger partial charge in [-0.1, -0.05) is 89.9 Å². The van der Waals surface area contributed by atoms with Crippen molar-refractivity contribution in [3.8, 4) is 5.75 Å². The molecular formula is C28H18F3NOS3. The number of rotatable bonds is 7. The van der Waals surface area contributed by atoms with Crippen LogP contribution in [0.1, 0.15) is 0 Å². The number of hydrogen-bond donors (Lipinski definition) is 0. The van der Waals surface area contributed by atoms with Gasteiger partial charge in [0.25, 0.3) is 0 Å². The second kappa shape index (κ2) is 10.9. The molecule has 0 unspecified atom stereocenters. The molecule has 0 bridgehead atoms. The highest BCUT2D eigenvalue weighted by Gasteiger charge is 2.29. The Balaban J connectivity index is 1.80. The fourth-order valence-corrected chi connectivity index (χ4v) is 6.55. The van der Waals surface area contributed by atoms with Gasteiger partial charge in [0, 0.05) is 14.7 Å². The van der Waals surface area contributed by atoms with Crippen molar-refractivity contribution in [1.82, 2.24) is 4.98 Å². The lowest BCUT2D eigenvalue weighted by Gasteiger charge is -2.18. The Hall–Kier alpha value is -3.07. The Kier molecular flexibility index (Phi) is 7.46. The Labute approximate surface area is 219 Å². The summed E-state index contributed by atoms with van der Waals surface area (Å²) in [6.45, 7) is 0. The lowest BCUT2D eigenvalue weighted by Crippen LogP contribution is -2.03. The molecule has 0 fully saturated rings. The van der Waals surface area contributed by atoms with E-state index in [9.17, 15) is 4.39 Å². The molecule has 0 atom stereocenters. The summed E-state index contributed by atoms with van der Waals surface area (Å²) in [6.07, 6.45) is 0. The third-order valence-corrected chi connectivity index (χ3v) is 8.49. The fraction of sp³-hybridized carbons (Fsp3) is 0.0357. The van der Waals surface area contributed by atoms with Crippen molar-refractivity contribution in [2.24, 2.45) is 0 Å². The monoisotopic (exact) mass is 537 g/mol. The maximum Gasteiger partial charge on any atom is 0.196 e. The standard InChI is InChI=1S/C28H18F3NOS3/c1-33-25-20-21(29)22(30)23(31)26(34-17-11-5-2-6-12-17)24(20)32-28(36-19-15-9-4-10-16-19)27(25)35-18-13-7-3-8-14-18/h2-16H,1H3. The predicted molar refractivity (Wildman–Crippen MR) is 140 cm³/mol. The summed E-state index contributed by atoms with van der Waals surface area (Å²) >= 11 is 3.67. The quantitative estimate of drug-likeness (QED) is 0.193. The average Bonchev–Trinajstić information content (AvgIpc) is 2.92. The molecule has 36 heavy (non-hydrogen) atoms. The van der Waals surface area contributed by atoms with Gasteiger partial charge in [0.1, 0.15) is 10.8 Å². The molecule has 0 radical (unpaired) electrons. The zero-order valence-electron chi connectivity index (χ0n) is 18.9. The molecule has 180 valence electrons. The molecular weight excluding hydrogens is 520 g/mol. The first-order valence-electron chi connectivity index (χ1n) is 10.8. The average molecular weight is 538 g/mol. The van der Waals surface area contributed by atoms with Crippen molar-refractivity contribution in [3.63, 3.8) is 0 Å². The largest absolute Gasteiger partial charge is 0.495 e. The lowest BCUT2D eigenvalue weighted by molar-refractivity contribution is 0.399. The van der Waals surface area contributed by atoms with Gasteiger partial charge in [-0.3, -0.25) is 0 Å². The van der Waals surface area contributed by atoms with Crippen LogP contribution in [0.25, 0.3) is 10.9 Å². The highest BCUT2D eigenvalue weighted by atomic mass is 32.2. The topological polar surface area (TPSA) is 22.1 Å². The number of pyridine rings is 1.